The summed E-state index contributed by atoms with van der Waals surface area (Å²) in [6, 6.07) is 21.9. The number of hydrogen-bond donors (Lipinski definition) is 2. The third kappa shape index (κ3) is 6.18. The molecule has 2 N–H and O–H groups in total. The van der Waals surface area contributed by atoms with Crippen molar-refractivity contribution in [2.24, 2.45) is 5.92 Å². The van der Waals surface area contributed by atoms with Gasteiger partial charge < -0.3 is 14.6 Å². The average Bonchev–Trinajstić information content (AvgIpc) is 2.81. The number of carboxylic acid groups (broad SMARTS) is 1. The fraction of sp³-hybridized carbons (Fsp3) is 0.240. The Labute approximate surface area is 190 Å². The van der Waals surface area contributed by atoms with Crippen LogP contribution in [0, 0.1) is 5.92 Å². The lowest BCUT2D eigenvalue weighted by atomic mass is 10.0. The molecule has 2 atom stereocenters. The van der Waals surface area contributed by atoms with E-state index in [1.165, 1.54) is 0 Å². The lowest BCUT2D eigenvalue weighted by Gasteiger charge is -2.17. The number of ether oxygens (including phenoxy) is 2. The highest BCUT2D eigenvalue weighted by Gasteiger charge is 2.23. The Balaban J connectivity index is 1.62. The molecule has 0 radical (unpaired) electrons. The smallest absolute Gasteiger partial charge is 0.321 e. The van der Waals surface area contributed by atoms with Crippen molar-refractivity contribution in [3.63, 3.8) is 0 Å². The van der Waals surface area contributed by atoms with Crippen LogP contribution in [-0.4, -0.2) is 28.4 Å². The number of aliphatic carboxylic acids is 1. The number of methoxy groups -OCH3 is 1. The van der Waals surface area contributed by atoms with Crippen LogP contribution in [0.15, 0.2) is 77.7 Å². The summed E-state index contributed by atoms with van der Waals surface area (Å²) < 4.78 is 26.2. The van der Waals surface area contributed by atoms with Crippen molar-refractivity contribution in [1.29, 1.82) is 0 Å². The van der Waals surface area contributed by atoms with Crippen molar-refractivity contribution in [2.45, 2.75) is 31.4 Å². The van der Waals surface area contributed by atoms with Crippen LogP contribution in [0.2, 0.25) is 0 Å². The number of benzene rings is 3. The summed E-state index contributed by atoms with van der Waals surface area (Å²) in [5, 5.41) is 9.27. The zero-order valence-electron chi connectivity index (χ0n) is 18.3. The van der Waals surface area contributed by atoms with Gasteiger partial charge in [0.1, 0.15) is 35.1 Å². The van der Waals surface area contributed by atoms with Gasteiger partial charge in [0, 0.05) is 6.07 Å². The lowest BCUT2D eigenvalue weighted by molar-refractivity contribution is -0.140. The summed E-state index contributed by atoms with van der Waals surface area (Å²) in [6.45, 7) is 3.99. The van der Waals surface area contributed by atoms with E-state index in [1.807, 2.05) is 60.7 Å². The van der Waals surface area contributed by atoms with Gasteiger partial charge in [0.25, 0.3) is 0 Å². The van der Waals surface area contributed by atoms with Crippen LogP contribution < -0.4 is 14.2 Å². The minimum atomic E-state index is -1.60. The van der Waals surface area contributed by atoms with Gasteiger partial charge in [-0.1, -0.05) is 56.3 Å². The minimum Gasteiger partial charge on any atom is -0.497 e. The molecule has 0 aromatic heterocycles. The van der Waals surface area contributed by atoms with Gasteiger partial charge in [-0.15, -0.1) is 0 Å². The topological polar surface area (TPSA) is 84.9 Å². The number of carboxylic acids is 1. The van der Waals surface area contributed by atoms with Crippen molar-refractivity contribution >= 4 is 17.0 Å². The van der Waals surface area contributed by atoms with Crippen LogP contribution in [0.5, 0.6) is 11.5 Å². The second kappa shape index (κ2) is 10.9. The van der Waals surface area contributed by atoms with Crippen LogP contribution in [0.4, 0.5) is 0 Å². The fourth-order valence-corrected chi connectivity index (χ4v) is 4.20. The Kier molecular flexibility index (Phi) is 8.03. The average molecular weight is 454 g/mol. The maximum atomic E-state index is 12.5. The normalized spacial score (nSPS) is 12.9. The molecular formula is C25H27NO5S. The van der Waals surface area contributed by atoms with E-state index in [9.17, 15) is 14.1 Å². The summed E-state index contributed by atoms with van der Waals surface area (Å²) in [7, 11) is 0.0192. The summed E-state index contributed by atoms with van der Waals surface area (Å²) in [4.78, 5) is 11.9. The van der Waals surface area contributed by atoms with Crippen LogP contribution in [0.25, 0.3) is 11.1 Å². The van der Waals surface area contributed by atoms with E-state index >= 15 is 0 Å². The quantitative estimate of drug-likeness (QED) is 0.466. The van der Waals surface area contributed by atoms with Gasteiger partial charge in [-0.05, 0) is 46.9 Å². The number of carbonyl (C=O) groups is 1. The second-order valence-electron chi connectivity index (χ2n) is 7.64. The molecule has 3 aromatic rings. The first-order valence-corrected chi connectivity index (χ1v) is 11.4. The van der Waals surface area contributed by atoms with Crippen LogP contribution in [-0.2, 0) is 22.4 Å². The molecule has 0 spiro atoms. The van der Waals surface area contributed by atoms with E-state index in [0.29, 0.717) is 11.5 Å². The fourth-order valence-electron chi connectivity index (χ4n) is 3.08. The van der Waals surface area contributed by atoms with Gasteiger partial charge >= 0.3 is 5.97 Å². The summed E-state index contributed by atoms with van der Waals surface area (Å²) in [6.07, 6.45) is 0. The van der Waals surface area contributed by atoms with E-state index in [0.717, 1.165) is 28.2 Å². The zero-order valence-corrected chi connectivity index (χ0v) is 19.1. The summed E-state index contributed by atoms with van der Waals surface area (Å²) in [5.41, 5.74) is 3.03. The van der Waals surface area contributed by atoms with E-state index < -0.39 is 23.0 Å². The molecule has 0 aliphatic carbocycles. The first-order chi connectivity index (χ1) is 15.4. The molecular weight excluding hydrogens is 426 g/mol. The van der Waals surface area contributed by atoms with Crippen molar-refractivity contribution in [3.05, 3.63) is 78.4 Å². The highest BCUT2D eigenvalue weighted by Crippen LogP contribution is 2.23. The standard InChI is InChI=1S/C25H27NO5S/c1-17(2)24(25(27)28)26-32(29)23-13-11-20(12-14-23)19-9-7-18(8-10-19)16-31-22-6-4-5-21(15-22)30-3/h4-15,17,24,26H,16H2,1-3H3,(H,27,28). The first kappa shape index (κ1) is 23.5. The SMILES string of the molecule is COc1cccc(OCc2ccc(-c3ccc(S(=O)NC(C(=O)O)C(C)C)cc3)cc2)c1. The molecule has 0 heterocycles. The number of nitrogens with one attached hydrogen (secondary N) is 1. The zero-order chi connectivity index (χ0) is 23.1. The Morgan fingerprint density at radius 3 is 2.12 bits per heavy atom. The van der Waals surface area contributed by atoms with Gasteiger partial charge in [-0.3, -0.25) is 4.79 Å². The molecule has 6 nitrogen and oxygen atoms in total. The molecule has 32 heavy (non-hydrogen) atoms. The van der Waals surface area contributed by atoms with E-state index in [1.54, 1.807) is 33.1 Å². The molecule has 2 unspecified atom stereocenters. The summed E-state index contributed by atoms with van der Waals surface area (Å²) >= 11 is 0. The van der Waals surface area contributed by atoms with Crippen molar-refractivity contribution < 1.29 is 23.6 Å². The summed E-state index contributed by atoms with van der Waals surface area (Å²) in [5.74, 6) is 0.302. The van der Waals surface area contributed by atoms with Gasteiger partial charge in [-0.25, -0.2) is 8.93 Å². The van der Waals surface area contributed by atoms with Crippen molar-refractivity contribution in [2.75, 3.05) is 7.11 Å². The third-order valence-electron chi connectivity index (χ3n) is 4.97. The number of hydrogen-bond acceptors (Lipinski definition) is 4. The Hall–Kier alpha value is -3.16. The molecule has 0 saturated carbocycles. The molecule has 0 bridgehead atoms. The van der Waals surface area contributed by atoms with E-state index in [4.69, 9.17) is 9.47 Å². The molecule has 0 fully saturated rings. The number of rotatable bonds is 10. The molecule has 168 valence electrons. The largest absolute Gasteiger partial charge is 0.497 e. The van der Waals surface area contributed by atoms with Gasteiger partial charge in [-0.2, -0.15) is 0 Å². The van der Waals surface area contributed by atoms with Gasteiger partial charge in [0.05, 0.1) is 12.0 Å². The minimum absolute atomic E-state index is 0.179. The van der Waals surface area contributed by atoms with Crippen molar-refractivity contribution in [3.8, 4) is 22.6 Å². The third-order valence-corrected chi connectivity index (χ3v) is 6.14. The molecule has 3 aromatic carbocycles. The van der Waals surface area contributed by atoms with Crippen LogP contribution in [0.3, 0.4) is 0 Å². The highest BCUT2D eigenvalue weighted by molar-refractivity contribution is 7.83. The molecule has 7 heteroatoms. The monoisotopic (exact) mass is 453 g/mol. The lowest BCUT2D eigenvalue weighted by Crippen LogP contribution is -2.41. The van der Waals surface area contributed by atoms with Crippen molar-refractivity contribution in [1.82, 2.24) is 4.72 Å². The molecule has 0 aliphatic heterocycles. The van der Waals surface area contributed by atoms with Gasteiger partial charge in [0.2, 0.25) is 0 Å². The maximum absolute atomic E-state index is 12.5. The molecule has 0 saturated heterocycles. The second-order valence-corrected chi connectivity index (χ2v) is 8.88. The van der Waals surface area contributed by atoms with Crippen LogP contribution in [0.1, 0.15) is 19.4 Å². The Morgan fingerprint density at radius 2 is 1.56 bits per heavy atom. The van der Waals surface area contributed by atoms with Crippen LogP contribution >= 0.6 is 0 Å². The predicted octanol–water partition coefficient (Wildman–Crippen LogP) is 4.66. The Morgan fingerprint density at radius 1 is 0.969 bits per heavy atom. The molecule has 0 aliphatic rings. The highest BCUT2D eigenvalue weighted by atomic mass is 32.2. The maximum Gasteiger partial charge on any atom is 0.321 e. The van der Waals surface area contributed by atoms with E-state index in [-0.39, 0.29) is 5.92 Å². The first-order valence-electron chi connectivity index (χ1n) is 10.2. The van der Waals surface area contributed by atoms with Gasteiger partial charge in [0.15, 0.2) is 0 Å². The van der Waals surface area contributed by atoms with E-state index in [2.05, 4.69) is 4.72 Å². The Bertz CT molecular complexity index is 1060. The molecule has 3 rings (SSSR count). The predicted molar refractivity (Wildman–Crippen MR) is 125 cm³/mol. The molecule has 0 amide bonds.